The van der Waals surface area contributed by atoms with E-state index in [0.29, 0.717) is 23.1 Å². The number of nitrogens with one attached hydrogen (secondary N) is 2. The van der Waals surface area contributed by atoms with E-state index in [9.17, 15) is 10.1 Å². The minimum absolute atomic E-state index is 0.0336. The molecule has 2 aromatic rings. The highest BCUT2D eigenvalue weighted by atomic mass is 16.5. The highest BCUT2D eigenvalue weighted by Crippen LogP contribution is 2.30. The second-order valence-corrected chi connectivity index (χ2v) is 6.23. The number of nitrogens with zero attached hydrogens (tertiary/aromatic N) is 1. The molecule has 146 valence electrons. The zero-order valence-corrected chi connectivity index (χ0v) is 16.6. The topological polar surface area (TPSA) is 83.4 Å². The summed E-state index contributed by atoms with van der Waals surface area (Å²) in [6, 6.07) is 14.8. The summed E-state index contributed by atoms with van der Waals surface area (Å²) >= 11 is 0. The summed E-state index contributed by atoms with van der Waals surface area (Å²) < 4.78 is 10.4. The van der Waals surface area contributed by atoms with E-state index >= 15 is 0 Å². The van der Waals surface area contributed by atoms with Crippen LogP contribution >= 0.6 is 0 Å². The minimum Gasteiger partial charge on any atom is -0.493 e. The normalized spacial score (nSPS) is 11.9. The van der Waals surface area contributed by atoms with Crippen molar-refractivity contribution in [1.82, 2.24) is 0 Å². The van der Waals surface area contributed by atoms with E-state index in [0.717, 1.165) is 17.7 Å². The summed E-state index contributed by atoms with van der Waals surface area (Å²) in [5.41, 5.74) is 2.49. The van der Waals surface area contributed by atoms with E-state index in [4.69, 9.17) is 9.47 Å². The number of carbonyl (C=O) groups is 1. The highest BCUT2D eigenvalue weighted by molar-refractivity contribution is 6.06. The van der Waals surface area contributed by atoms with Crippen molar-refractivity contribution in [3.63, 3.8) is 0 Å². The molecule has 2 rings (SSSR count). The van der Waals surface area contributed by atoms with Crippen LogP contribution in [0.2, 0.25) is 0 Å². The third-order valence-corrected chi connectivity index (χ3v) is 4.48. The van der Waals surface area contributed by atoms with Crippen molar-refractivity contribution in [1.29, 1.82) is 5.26 Å². The van der Waals surface area contributed by atoms with Crippen molar-refractivity contribution in [3.8, 4) is 17.6 Å². The molecule has 0 aliphatic heterocycles. The maximum absolute atomic E-state index is 12.5. The summed E-state index contributed by atoms with van der Waals surface area (Å²) in [6.45, 7) is 4.26. The average Bonchev–Trinajstić information content (AvgIpc) is 2.73. The van der Waals surface area contributed by atoms with Crippen molar-refractivity contribution in [2.24, 2.45) is 0 Å². The maximum Gasteiger partial charge on any atom is 0.267 e. The number of ether oxygens (including phenoxy) is 2. The molecule has 0 aromatic heterocycles. The van der Waals surface area contributed by atoms with Crippen LogP contribution in [0.1, 0.15) is 31.7 Å². The summed E-state index contributed by atoms with van der Waals surface area (Å²) in [4.78, 5) is 12.5. The first-order valence-electron chi connectivity index (χ1n) is 9.03. The largest absolute Gasteiger partial charge is 0.493 e. The molecule has 0 saturated heterocycles. The van der Waals surface area contributed by atoms with Crippen LogP contribution in [-0.2, 0) is 4.79 Å². The van der Waals surface area contributed by atoms with Crippen LogP contribution in [-0.4, -0.2) is 20.1 Å². The Morgan fingerprint density at radius 3 is 2.54 bits per heavy atom. The lowest BCUT2D eigenvalue weighted by Gasteiger charge is -2.15. The molecule has 0 aliphatic rings. The lowest BCUT2D eigenvalue weighted by Crippen LogP contribution is -2.15. The van der Waals surface area contributed by atoms with Gasteiger partial charge in [0, 0.05) is 23.6 Å². The highest BCUT2D eigenvalue weighted by Gasteiger charge is 2.13. The minimum atomic E-state index is -0.511. The molecular formula is C22H25N3O3. The number of methoxy groups -OCH3 is 2. The molecule has 1 unspecified atom stereocenters. The molecule has 6 heteroatoms. The SMILES string of the molecule is CCC(C)c1ccccc1N/C=C(/C#N)C(=O)Nc1ccc(OC)c(OC)c1. The van der Waals surface area contributed by atoms with Crippen LogP contribution in [0.4, 0.5) is 11.4 Å². The molecule has 28 heavy (non-hydrogen) atoms. The monoisotopic (exact) mass is 379 g/mol. The van der Waals surface area contributed by atoms with Crippen molar-refractivity contribution in [3.05, 3.63) is 59.8 Å². The van der Waals surface area contributed by atoms with Gasteiger partial charge in [0.05, 0.1) is 14.2 Å². The fourth-order valence-corrected chi connectivity index (χ4v) is 2.69. The van der Waals surface area contributed by atoms with Crippen LogP contribution in [0.5, 0.6) is 11.5 Å². The van der Waals surface area contributed by atoms with Gasteiger partial charge in [-0.25, -0.2) is 0 Å². The van der Waals surface area contributed by atoms with E-state index in [1.54, 1.807) is 18.2 Å². The number of carbonyl (C=O) groups excluding carboxylic acids is 1. The number of nitriles is 1. The standard InChI is InChI=1S/C22H25N3O3/c1-5-15(2)18-8-6-7-9-19(18)24-14-16(13-23)22(26)25-17-10-11-20(27-3)21(12-17)28-4/h6-12,14-15,24H,5H2,1-4H3,(H,25,26)/b16-14-. The zero-order valence-electron chi connectivity index (χ0n) is 16.6. The molecule has 2 N–H and O–H groups in total. The van der Waals surface area contributed by atoms with Crippen molar-refractivity contribution in [2.45, 2.75) is 26.2 Å². The molecule has 0 spiro atoms. The lowest BCUT2D eigenvalue weighted by atomic mass is 9.97. The quantitative estimate of drug-likeness (QED) is 0.514. The van der Waals surface area contributed by atoms with E-state index in [-0.39, 0.29) is 5.57 Å². The van der Waals surface area contributed by atoms with Crippen LogP contribution in [0.15, 0.2) is 54.2 Å². The van der Waals surface area contributed by atoms with E-state index in [1.807, 2.05) is 30.3 Å². The van der Waals surface area contributed by atoms with Crippen LogP contribution in [0.3, 0.4) is 0 Å². The van der Waals surface area contributed by atoms with Gasteiger partial charge in [0.25, 0.3) is 5.91 Å². The molecule has 0 saturated carbocycles. The van der Waals surface area contributed by atoms with Gasteiger partial charge in [0.15, 0.2) is 11.5 Å². The van der Waals surface area contributed by atoms with Crippen LogP contribution in [0.25, 0.3) is 0 Å². The first-order chi connectivity index (χ1) is 13.5. The Balaban J connectivity index is 2.17. The number of para-hydroxylation sites is 1. The number of benzene rings is 2. The van der Waals surface area contributed by atoms with Gasteiger partial charge in [0.2, 0.25) is 0 Å². The van der Waals surface area contributed by atoms with Gasteiger partial charge >= 0.3 is 0 Å². The zero-order chi connectivity index (χ0) is 20.5. The van der Waals surface area contributed by atoms with Gasteiger partial charge in [-0.05, 0) is 36.1 Å². The second kappa shape index (κ2) is 10.0. The summed E-state index contributed by atoms with van der Waals surface area (Å²) in [6.07, 6.45) is 2.42. The van der Waals surface area contributed by atoms with Crippen molar-refractivity contribution < 1.29 is 14.3 Å². The molecule has 1 atom stereocenters. The molecule has 0 heterocycles. The molecular weight excluding hydrogens is 354 g/mol. The summed E-state index contributed by atoms with van der Waals surface area (Å²) in [5.74, 6) is 0.898. The molecule has 0 radical (unpaired) electrons. The second-order valence-electron chi connectivity index (χ2n) is 6.23. The number of hydrogen-bond acceptors (Lipinski definition) is 5. The van der Waals surface area contributed by atoms with Gasteiger partial charge in [-0.2, -0.15) is 5.26 Å². The number of anilines is 2. The molecule has 6 nitrogen and oxygen atoms in total. The predicted molar refractivity (Wildman–Crippen MR) is 111 cm³/mol. The fraction of sp³-hybridized carbons (Fsp3) is 0.273. The molecule has 1 amide bonds. The molecule has 0 aliphatic carbocycles. The molecule has 2 aromatic carbocycles. The predicted octanol–water partition coefficient (Wildman–Crippen LogP) is 4.68. The maximum atomic E-state index is 12.5. The van der Waals surface area contributed by atoms with Crippen LogP contribution in [0, 0.1) is 11.3 Å². The molecule has 0 bridgehead atoms. The van der Waals surface area contributed by atoms with E-state index in [2.05, 4.69) is 24.5 Å². The van der Waals surface area contributed by atoms with Gasteiger partial charge in [0.1, 0.15) is 11.6 Å². The van der Waals surface area contributed by atoms with Crippen molar-refractivity contribution in [2.75, 3.05) is 24.9 Å². The summed E-state index contributed by atoms with van der Waals surface area (Å²) in [5, 5.41) is 15.2. The molecule has 0 fully saturated rings. The Morgan fingerprint density at radius 2 is 1.89 bits per heavy atom. The fourth-order valence-electron chi connectivity index (χ4n) is 2.69. The Bertz CT molecular complexity index is 900. The Morgan fingerprint density at radius 1 is 1.18 bits per heavy atom. The van der Waals surface area contributed by atoms with Gasteiger partial charge < -0.3 is 20.1 Å². The van der Waals surface area contributed by atoms with Crippen LogP contribution < -0.4 is 20.1 Å². The third kappa shape index (κ3) is 5.04. The van der Waals surface area contributed by atoms with Gasteiger partial charge in [-0.15, -0.1) is 0 Å². The smallest absolute Gasteiger partial charge is 0.267 e. The van der Waals surface area contributed by atoms with E-state index in [1.165, 1.54) is 20.4 Å². The lowest BCUT2D eigenvalue weighted by molar-refractivity contribution is -0.112. The average molecular weight is 379 g/mol. The van der Waals surface area contributed by atoms with Crippen molar-refractivity contribution >= 4 is 17.3 Å². The third-order valence-electron chi connectivity index (χ3n) is 4.48. The number of rotatable bonds is 8. The van der Waals surface area contributed by atoms with Gasteiger partial charge in [-0.1, -0.05) is 32.0 Å². The number of hydrogen-bond donors (Lipinski definition) is 2. The van der Waals surface area contributed by atoms with Gasteiger partial charge in [-0.3, -0.25) is 4.79 Å². The first kappa shape index (κ1) is 20.8. The Labute approximate surface area is 165 Å². The van der Waals surface area contributed by atoms with E-state index < -0.39 is 5.91 Å². The first-order valence-corrected chi connectivity index (χ1v) is 9.03. The summed E-state index contributed by atoms with van der Waals surface area (Å²) in [7, 11) is 3.05. The number of amides is 1. The Hall–Kier alpha value is -3.46. The Kier molecular flexibility index (Phi) is 7.46.